The van der Waals surface area contributed by atoms with Crippen molar-refractivity contribution >= 4 is 5.91 Å². The van der Waals surface area contributed by atoms with Gasteiger partial charge in [-0.15, -0.1) is 0 Å². The molecule has 2 fully saturated rings. The first-order valence-electron chi connectivity index (χ1n) is 8.77. The summed E-state index contributed by atoms with van der Waals surface area (Å²) in [5.74, 6) is 2.56. The van der Waals surface area contributed by atoms with Gasteiger partial charge in [-0.25, -0.2) is 0 Å². The van der Waals surface area contributed by atoms with Crippen LogP contribution in [0.5, 0.6) is 17.2 Å². The predicted octanol–water partition coefficient (Wildman–Crippen LogP) is 3.05. The van der Waals surface area contributed by atoms with Crippen LogP contribution >= 0.6 is 0 Å². The van der Waals surface area contributed by atoms with Crippen LogP contribution in [0, 0.1) is 5.92 Å². The summed E-state index contributed by atoms with van der Waals surface area (Å²) in [6, 6.07) is 4.40. The van der Waals surface area contributed by atoms with Gasteiger partial charge in [-0.2, -0.15) is 0 Å². The van der Waals surface area contributed by atoms with Crippen LogP contribution < -0.4 is 14.2 Å². The van der Waals surface area contributed by atoms with Crippen molar-refractivity contribution in [2.24, 2.45) is 5.92 Å². The number of benzene rings is 1. The summed E-state index contributed by atoms with van der Waals surface area (Å²) in [5.41, 5.74) is 1.09. The highest BCUT2D eigenvalue weighted by molar-refractivity contribution is 5.80. The van der Waals surface area contributed by atoms with Crippen LogP contribution in [0.2, 0.25) is 0 Å². The van der Waals surface area contributed by atoms with Gasteiger partial charge in [-0.1, -0.05) is 6.42 Å². The van der Waals surface area contributed by atoms with E-state index in [4.69, 9.17) is 14.2 Å². The smallest absolute Gasteiger partial charge is 0.225 e. The molecule has 0 aliphatic heterocycles. The topological polar surface area (TPSA) is 48.0 Å². The molecule has 0 spiro atoms. The number of methoxy groups -OCH3 is 3. The average molecular weight is 333 g/mol. The van der Waals surface area contributed by atoms with Crippen molar-refractivity contribution in [2.75, 3.05) is 27.9 Å². The van der Waals surface area contributed by atoms with E-state index in [0.717, 1.165) is 44.2 Å². The minimum absolute atomic E-state index is 0.269. The highest BCUT2D eigenvalue weighted by Crippen LogP contribution is 2.39. The Bertz CT molecular complexity index is 568. The van der Waals surface area contributed by atoms with Gasteiger partial charge in [0.2, 0.25) is 11.7 Å². The van der Waals surface area contributed by atoms with Gasteiger partial charge in [-0.05, 0) is 49.8 Å². The summed E-state index contributed by atoms with van der Waals surface area (Å²) in [5, 5.41) is 0. The highest BCUT2D eigenvalue weighted by Gasteiger charge is 2.37. The van der Waals surface area contributed by atoms with Gasteiger partial charge in [-0.3, -0.25) is 4.79 Å². The molecule has 2 saturated carbocycles. The molecule has 2 aliphatic rings. The molecule has 5 heteroatoms. The first kappa shape index (κ1) is 16.9. The number of amides is 1. The van der Waals surface area contributed by atoms with Gasteiger partial charge in [0.15, 0.2) is 11.5 Å². The maximum Gasteiger partial charge on any atom is 0.225 e. The van der Waals surface area contributed by atoms with Crippen LogP contribution in [0.4, 0.5) is 0 Å². The third-order valence-electron chi connectivity index (χ3n) is 5.09. The Kier molecular flexibility index (Phi) is 5.17. The van der Waals surface area contributed by atoms with Gasteiger partial charge < -0.3 is 19.1 Å². The molecular formula is C19H27NO4. The zero-order valence-electron chi connectivity index (χ0n) is 14.8. The Labute approximate surface area is 143 Å². The van der Waals surface area contributed by atoms with Crippen LogP contribution in [0.15, 0.2) is 12.1 Å². The van der Waals surface area contributed by atoms with Crippen LogP contribution in [0.25, 0.3) is 0 Å². The summed E-state index contributed by atoms with van der Waals surface area (Å²) in [6.07, 6.45) is 6.41. The molecule has 132 valence electrons. The van der Waals surface area contributed by atoms with E-state index in [9.17, 15) is 4.79 Å². The molecule has 2 aliphatic carbocycles. The molecule has 0 N–H and O–H groups in total. The quantitative estimate of drug-likeness (QED) is 0.734. The van der Waals surface area contributed by atoms with Gasteiger partial charge in [0.25, 0.3) is 0 Å². The Morgan fingerprint density at radius 3 is 2.08 bits per heavy atom. The maximum absolute atomic E-state index is 12.6. The van der Waals surface area contributed by atoms with Gasteiger partial charge in [0.1, 0.15) is 0 Å². The van der Waals surface area contributed by atoms with Crippen molar-refractivity contribution in [2.45, 2.75) is 44.6 Å². The summed E-state index contributed by atoms with van der Waals surface area (Å²) >= 11 is 0. The second-order valence-electron chi connectivity index (χ2n) is 6.67. The Morgan fingerprint density at radius 1 is 1.04 bits per heavy atom. The maximum atomic E-state index is 12.6. The number of nitrogens with zero attached hydrogens (tertiary/aromatic N) is 1. The molecule has 0 atom stereocenters. The Hall–Kier alpha value is -1.91. The zero-order valence-corrected chi connectivity index (χ0v) is 14.8. The van der Waals surface area contributed by atoms with Crippen molar-refractivity contribution in [3.05, 3.63) is 17.7 Å². The largest absolute Gasteiger partial charge is 0.493 e. The third-order valence-corrected chi connectivity index (χ3v) is 5.09. The van der Waals surface area contributed by atoms with Crippen molar-refractivity contribution < 1.29 is 19.0 Å². The molecule has 0 saturated heterocycles. The minimum atomic E-state index is 0.269. The zero-order chi connectivity index (χ0) is 17.1. The summed E-state index contributed by atoms with van der Waals surface area (Å²) in [4.78, 5) is 14.7. The molecule has 0 heterocycles. The van der Waals surface area contributed by atoms with Crippen molar-refractivity contribution in [3.63, 3.8) is 0 Å². The summed E-state index contributed by atoms with van der Waals surface area (Å²) in [6.45, 7) is 0.763. The van der Waals surface area contributed by atoms with Crippen LogP contribution in [0.3, 0.4) is 0 Å². The average Bonchev–Trinajstić information content (AvgIpc) is 3.37. The van der Waals surface area contributed by atoms with Gasteiger partial charge in [0, 0.05) is 18.5 Å². The van der Waals surface area contributed by atoms with E-state index in [-0.39, 0.29) is 5.92 Å². The van der Waals surface area contributed by atoms with E-state index >= 15 is 0 Å². The fourth-order valence-electron chi connectivity index (χ4n) is 3.28. The second-order valence-corrected chi connectivity index (χ2v) is 6.67. The first-order valence-corrected chi connectivity index (χ1v) is 8.77. The lowest BCUT2D eigenvalue weighted by atomic mass is 9.84. The number of hydrogen-bond donors (Lipinski definition) is 0. The molecular weight excluding hydrogens is 306 g/mol. The molecule has 1 aromatic rings. The lowest BCUT2D eigenvalue weighted by Gasteiger charge is -2.32. The summed E-state index contributed by atoms with van der Waals surface area (Å²) in [7, 11) is 4.85. The number of carbonyl (C=O) groups is 1. The number of hydrogen-bond acceptors (Lipinski definition) is 4. The van der Waals surface area contributed by atoms with E-state index in [2.05, 4.69) is 4.90 Å². The van der Waals surface area contributed by atoms with Crippen molar-refractivity contribution in [1.82, 2.24) is 4.90 Å². The molecule has 0 unspecified atom stereocenters. The van der Waals surface area contributed by atoms with Crippen molar-refractivity contribution in [3.8, 4) is 17.2 Å². The molecule has 0 radical (unpaired) electrons. The first-order chi connectivity index (χ1) is 11.7. The monoisotopic (exact) mass is 333 g/mol. The van der Waals surface area contributed by atoms with E-state index in [0.29, 0.717) is 29.2 Å². The van der Waals surface area contributed by atoms with Crippen LogP contribution in [0.1, 0.15) is 37.7 Å². The molecule has 0 aromatic heterocycles. The lowest BCUT2D eigenvalue weighted by Crippen LogP contribution is -2.41. The molecule has 0 bridgehead atoms. The molecule has 5 nitrogen and oxygen atoms in total. The Morgan fingerprint density at radius 2 is 1.67 bits per heavy atom. The SMILES string of the molecule is COc1cc(CCN(C(=O)C2CCC2)C2CC2)cc(OC)c1OC. The standard InChI is InChI=1S/C19H27NO4/c1-22-16-11-13(12-17(23-2)18(16)24-3)9-10-20(15-7-8-15)19(21)14-5-4-6-14/h11-12,14-15H,4-10H2,1-3H3. The molecule has 24 heavy (non-hydrogen) atoms. The molecule has 3 rings (SSSR count). The molecule has 1 aromatic carbocycles. The predicted molar refractivity (Wildman–Crippen MR) is 91.9 cm³/mol. The second kappa shape index (κ2) is 7.32. The van der Waals surface area contributed by atoms with E-state index < -0.39 is 0 Å². The lowest BCUT2D eigenvalue weighted by molar-refractivity contribution is -0.138. The van der Waals surface area contributed by atoms with Gasteiger partial charge >= 0.3 is 0 Å². The summed E-state index contributed by atoms with van der Waals surface area (Å²) < 4.78 is 16.2. The number of rotatable bonds is 8. The van der Waals surface area contributed by atoms with E-state index in [1.807, 2.05) is 12.1 Å². The minimum Gasteiger partial charge on any atom is -0.493 e. The highest BCUT2D eigenvalue weighted by atomic mass is 16.5. The fraction of sp³-hybridized carbons (Fsp3) is 0.632. The van der Waals surface area contributed by atoms with Crippen LogP contribution in [-0.2, 0) is 11.2 Å². The van der Waals surface area contributed by atoms with Crippen LogP contribution in [-0.4, -0.2) is 44.7 Å². The molecule has 1 amide bonds. The van der Waals surface area contributed by atoms with Gasteiger partial charge in [0.05, 0.1) is 21.3 Å². The van der Waals surface area contributed by atoms with Crippen molar-refractivity contribution in [1.29, 1.82) is 0 Å². The van der Waals surface area contributed by atoms with E-state index in [1.54, 1.807) is 21.3 Å². The Balaban J connectivity index is 1.71. The fourth-order valence-corrected chi connectivity index (χ4v) is 3.28. The number of ether oxygens (including phenoxy) is 3. The normalized spacial score (nSPS) is 17.1. The number of carbonyl (C=O) groups excluding carboxylic acids is 1. The third kappa shape index (κ3) is 3.45. The van der Waals surface area contributed by atoms with E-state index in [1.165, 1.54) is 6.42 Å².